The van der Waals surface area contributed by atoms with Gasteiger partial charge in [0.15, 0.2) is 14.9 Å². The first kappa shape index (κ1) is 18.1. The first-order chi connectivity index (χ1) is 11.9. The average Bonchev–Trinajstić information content (AvgIpc) is 3.15. The molecule has 2 aromatic rings. The molecule has 1 aliphatic heterocycles. The van der Waals surface area contributed by atoms with Gasteiger partial charge < -0.3 is 9.73 Å². The van der Waals surface area contributed by atoms with Crippen LogP contribution in [0.25, 0.3) is 11.3 Å². The Hall–Kier alpha value is -1.71. The fourth-order valence-corrected chi connectivity index (χ4v) is 4.63. The molecule has 25 heavy (non-hydrogen) atoms. The molecular weight excluding hydrogens is 426 g/mol. The number of benzene rings is 1. The Morgan fingerprint density at radius 1 is 1.28 bits per heavy atom. The van der Waals surface area contributed by atoms with Crippen molar-refractivity contribution in [2.75, 3.05) is 11.5 Å². The number of thiocarbonyl (C=S) groups is 1. The van der Waals surface area contributed by atoms with Crippen molar-refractivity contribution in [2.45, 2.75) is 12.5 Å². The monoisotopic (exact) mass is 441 g/mol. The number of hydrogen-bond acceptors (Lipinski definition) is 5. The first-order valence-electron chi connectivity index (χ1n) is 7.57. The van der Waals surface area contributed by atoms with Crippen LogP contribution in [0, 0.1) is 0 Å². The summed E-state index contributed by atoms with van der Waals surface area (Å²) in [4.78, 5) is 0. The normalized spacial score (nSPS) is 19.2. The Balaban J connectivity index is 1.52. The van der Waals surface area contributed by atoms with Crippen LogP contribution in [0.4, 0.5) is 0 Å². The van der Waals surface area contributed by atoms with Crippen LogP contribution >= 0.6 is 28.1 Å². The highest BCUT2D eigenvalue weighted by Crippen LogP contribution is 2.23. The van der Waals surface area contributed by atoms with Gasteiger partial charge in [-0.3, -0.25) is 5.43 Å². The summed E-state index contributed by atoms with van der Waals surface area (Å²) in [6.45, 7) is 0. The molecule has 1 atom stereocenters. The van der Waals surface area contributed by atoms with Gasteiger partial charge in [-0.05, 0) is 42.9 Å². The van der Waals surface area contributed by atoms with Crippen molar-refractivity contribution in [3.05, 3.63) is 46.6 Å². The number of hydrogen-bond donors (Lipinski definition) is 2. The molecule has 0 radical (unpaired) electrons. The van der Waals surface area contributed by atoms with E-state index in [9.17, 15) is 8.42 Å². The molecule has 1 saturated heterocycles. The smallest absolute Gasteiger partial charge is 0.187 e. The number of nitrogens with zero attached hydrogens (tertiary/aromatic N) is 1. The molecule has 2 N–H and O–H groups in total. The van der Waals surface area contributed by atoms with E-state index < -0.39 is 9.84 Å². The number of rotatable bonds is 4. The van der Waals surface area contributed by atoms with Crippen LogP contribution in [0.3, 0.4) is 0 Å². The van der Waals surface area contributed by atoms with Crippen LogP contribution in [0.1, 0.15) is 12.2 Å². The van der Waals surface area contributed by atoms with Crippen LogP contribution < -0.4 is 10.7 Å². The number of nitrogens with one attached hydrogen (secondary N) is 2. The molecule has 2 heterocycles. The molecule has 1 aromatic heterocycles. The third-order valence-electron chi connectivity index (χ3n) is 3.68. The molecular formula is C16H16BrN3O3S2. The molecule has 0 aliphatic carbocycles. The van der Waals surface area contributed by atoms with Crippen molar-refractivity contribution in [3.63, 3.8) is 0 Å². The minimum Gasteiger partial charge on any atom is -0.455 e. The van der Waals surface area contributed by atoms with Crippen molar-refractivity contribution in [3.8, 4) is 11.3 Å². The molecule has 6 nitrogen and oxygen atoms in total. The lowest BCUT2D eigenvalue weighted by molar-refractivity contribution is 0.574. The maximum atomic E-state index is 11.4. The topological polar surface area (TPSA) is 83.7 Å². The number of sulfone groups is 1. The minimum atomic E-state index is -2.94. The summed E-state index contributed by atoms with van der Waals surface area (Å²) in [5.74, 6) is 1.62. The van der Waals surface area contributed by atoms with Crippen LogP contribution in [-0.2, 0) is 9.84 Å². The van der Waals surface area contributed by atoms with E-state index in [-0.39, 0.29) is 22.7 Å². The summed E-state index contributed by atoms with van der Waals surface area (Å²) >= 11 is 8.51. The lowest BCUT2D eigenvalue weighted by Crippen LogP contribution is -2.40. The molecule has 1 aliphatic rings. The Labute approximate surface area is 159 Å². The molecule has 0 spiro atoms. The summed E-state index contributed by atoms with van der Waals surface area (Å²) in [6.07, 6.45) is 2.07. The van der Waals surface area contributed by atoms with Crippen molar-refractivity contribution in [2.24, 2.45) is 5.10 Å². The molecule has 0 unspecified atom stereocenters. The van der Waals surface area contributed by atoms with E-state index in [1.165, 1.54) is 6.21 Å². The highest BCUT2D eigenvalue weighted by molar-refractivity contribution is 9.10. The number of furan rings is 1. The van der Waals surface area contributed by atoms with Gasteiger partial charge in [0.2, 0.25) is 0 Å². The second kappa shape index (κ2) is 7.67. The number of hydrazone groups is 1. The van der Waals surface area contributed by atoms with Gasteiger partial charge >= 0.3 is 0 Å². The SMILES string of the molecule is O=S1(=O)CC[C@@H](NC(=S)N/N=C\c2ccc(-c3ccc(Br)cc3)o2)C1. The average molecular weight is 442 g/mol. The Morgan fingerprint density at radius 3 is 2.72 bits per heavy atom. The van der Waals surface area contributed by atoms with Gasteiger partial charge in [0, 0.05) is 16.1 Å². The predicted molar refractivity (Wildman–Crippen MR) is 105 cm³/mol. The summed E-state index contributed by atoms with van der Waals surface area (Å²) < 4.78 is 29.5. The van der Waals surface area contributed by atoms with Gasteiger partial charge in [-0.25, -0.2) is 8.42 Å². The second-order valence-electron chi connectivity index (χ2n) is 5.65. The Kier molecular flexibility index (Phi) is 5.55. The van der Waals surface area contributed by atoms with Crippen LogP contribution in [0.2, 0.25) is 0 Å². The summed E-state index contributed by atoms with van der Waals surface area (Å²) in [7, 11) is -2.94. The van der Waals surface area contributed by atoms with Crippen molar-refractivity contribution in [1.29, 1.82) is 0 Å². The van der Waals surface area contributed by atoms with Crippen LogP contribution in [0.15, 0.2) is 50.4 Å². The van der Waals surface area contributed by atoms with E-state index in [0.717, 1.165) is 15.8 Å². The van der Waals surface area contributed by atoms with Crippen molar-refractivity contribution in [1.82, 2.24) is 10.7 Å². The van der Waals surface area contributed by atoms with E-state index >= 15 is 0 Å². The molecule has 0 amide bonds. The van der Waals surface area contributed by atoms with Gasteiger partial charge in [-0.15, -0.1) is 0 Å². The third-order valence-corrected chi connectivity index (χ3v) is 6.19. The van der Waals surface area contributed by atoms with E-state index in [2.05, 4.69) is 31.8 Å². The third kappa shape index (κ3) is 5.13. The maximum absolute atomic E-state index is 11.4. The Morgan fingerprint density at radius 2 is 2.04 bits per heavy atom. The molecule has 0 saturated carbocycles. The standard InChI is InChI=1S/C16H16BrN3O3S2/c17-12-3-1-11(2-4-12)15-6-5-14(23-15)9-18-20-16(24)19-13-7-8-25(21,22)10-13/h1-6,9,13H,7-8,10H2,(H2,19,20,24)/b18-9-/t13-/m1/s1. The zero-order chi connectivity index (χ0) is 17.9. The number of halogens is 1. The van der Waals surface area contributed by atoms with Crippen molar-refractivity contribution < 1.29 is 12.8 Å². The van der Waals surface area contributed by atoms with Gasteiger partial charge in [0.1, 0.15) is 11.5 Å². The molecule has 1 aromatic carbocycles. The molecule has 9 heteroatoms. The second-order valence-corrected chi connectivity index (χ2v) is 9.20. The van der Waals surface area contributed by atoms with Gasteiger partial charge in [-0.1, -0.05) is 28.1 Å². The van der Waals surface area contributed by atoms with Gasteiger partial charge in [0.05, 0.1) is 17.7 Å². The van der Waals surface area contributed by atoms with E-state index in [4.69, 9.17) is 16.6 Å². The maximum Gasteiger partial charge on any atom is 0.187 e. The predicted octanol–water partition coefficient (Wildman–Crippen LogP) is 2.69. The summed E-state index contributed by atoms with van der Waals surface area (Å²) in [6, 6.07) is 11.3. The van der Waals surface area contributed by atoms with E-state index in [1.807, 2.05) is 36.4 Å². The molecule has 3 rings (SSSR count). The largest absolute Gasteiger partial charge is 0.455 e. The highest BCUT2D eigenvalue weighted by Gasteiger charge is 2.28. The summed E-state index contributed by atoms with van der Waals surface area (Å²) in [5.41, 5.74) is 3.64. The quantitative estimate of drug-likeness (QED) is 0.431. The summed E-state index contributed by atoms with van der Waals surface area (Å²) in [5, 5.41) is 7.25. The zero-order valence-electron chi connectivity index (χ0n) is 13.1. The van der Waals surface area contributed by atoms with Gasteiger partial charge in [0.25, 0.3) is 0 Å². The molecule has 1 fully saturated rings. The molecule has 0 bridgehead atoms. The highest BCUT2D eigenvalue weighted by atomic mass is 79.9. The van der Waals surface area contributed by atoms with E-state index in [0.29, 0.717) is 12.2 Å². The lowest BCUT2D eigenvalue weighted by Gasteiger charge is -2.11. The van der Waals surface area contributed by atoms with Crippen LogP contribution in [0.5, 0.6) is 0 Å². The zero-order valence-corrected chi connectivity index (χ0v) is 16.3. The Bertz CT molecular complexity index is 892. The van der Waals surface area contributed by atoms with Gasteiger partial charge in [-0.2, -0.15) is 5.10 Å². The minimum absolute atomic E-state index is 0.104. The lowest BCUT2D eigenvalue weighted by atomic mass is 10.2. The van der Waals surface area contributed by atoms with Crippen LogP contribution in [-0.4, -0.2) is 37.3 Å². The molecule has 132 valence electrons. The fraction of sp³-hybridized carbons (Fsp3) is 0.250. The van der Waals surface area contributed by atoms with Crippen molar-refractivity contribution >= 4 is 49.3 Å². The first-order valence-corrected chi connectivity index (χ1v) is 10.6. The fourth-order valence-electron chi connectivity index (χ4n) is 2.47. The van der Waals surface area contributed by atoms with E-state index in [1.54, 1.807) is 0 Å².